The third-order valence-corrected chi connectivity index (χ3v) is 4.20. The highest BCUT2D eigenvalue weighted by atomic mass is 19.1. The zero-order valence-corrected chi connectivity index (χ0v) is 13.3. The lowest BCUT2D eigenvalue weighted by Gasteiger charge is -2.29. The molecule has 2 N–H and O–H groups in total. The largest absolute Gasteiger partial charge is 0.355 e. The maximum atomic E-state index is 12.8. The van der Waals surface area contributed by atoms with E-state index < -0.39 is 5.92 Å². The van der Waals surface area contributed by atoms with Crippen LogP contribution in [0.15, 0.2) is 24.3 Å². The SMILES string of the molecule is CC(C)(C)C1CNC(=O)C1C(=O)NCCc1ccc(F)cc1. The summed E-state index contributed by atoms with van der Waals surface area (Å²) < 4.78 is 12.8. The predicted molar refractivity (Wildman–Crippen MR) is 82.6 cm³/mol. The van der Waals surface area contributed by atoms with E-state index in [-0.39, 0.29) is 29.0 Å². The van der Waals surface area contributed by atoms with Crippen molar-refractivity contribution in [3.8, 4) is 0 Å². The van der Waals surface area contributed by atoms with Crippen LogP contribution in [-0.2, 0) is 16.0 Å². The molecule has 1 fully saturated rings. The van der Waals surface area contributed by atoms with Crippen molar-refractivity contribution in [1.29, 1.82) is 0 Å². The quantitative estimate of drug-likeness (QED) is 0.835. The van der Waals surface area contributed by atoms with Crippen molar-refractivity contribution in [2.24, 2.45) is 17.3 Å². The van der Waals surface area contributed by atoms with Gasteiger partial charge in [0.1, 0.15) is 11.7 Å². The zero-order valence-electron chi connectivity index (χ0n) is 13.3. The van der Waals surface area contributed by atoms with Gasteiger partial charge in [0.25, 0.3) is 0 Å². The lowest BCUT2D eigenvalue weighted by atomic mass is 9.74. The summed E-state index contributed by atoms with van der Waals surface area (Å²) in [5, 5.41) is 5.61. The molecule has 0 spiro atoms. The summed E-state index contributed by atoms with van der Waals surface area (Å²) in [5.74, 6) is -1.33. The van der Waals surface area contributed by atoms with Crippen LogP contribution in [0, 0.1) is 23.1 Å². The molecule has 2 rings (SSSR count). The fourth-order valence-corrected chi connectivity index (χ4v) is 2.82. The van der Waals surface area contributed by atoms with Crippen LogP contribution in [0.5, 0.6) is 0 Å². The average molecular weight is 306 g/mol. The maximum absolute atomic E-state index is 12.8. The molecule has 0 aliphatic carbocycles. The van der Waals surface area contributed by atoms with Gasteiger partial charge in [-0.15, -0.1) is 0 Å². The highest BCUT2D eigenvalue weighted by molar-refractivity contribution is 6.02. The summed E-state index contributed by atoms with van der Waals surface area (Å²) in [5.41, 5.74) is 0.836. The van der Waals surface area contributed by atoms with Crippen LogP contribution in [0.4, 0.5) is 4.39 Å². The molecule has 120 valence electrons. The summed E-state index contributed by atoms with van der Waals surface area (Å²) in [6, 6.07) is 6.19. The molecule has 0 saturated carbocycles. The molecule has 1 heterocycles. The molecule has 1 aliphatic rings. The third kappa shape index (κ3) is 3.84. The van der Waals surface area contributed by atoms with Crippen molar-refractivity contribution >= 4 is 11.8 Å². The highest BCUT2D eigenvalue weighted by Crippen LogP contribution is 2.35. The van der Waals surface area contributed by atoms with Gasteiger partial charge in [-0.3, -0.25) is 9.59 Å². The Morgan fingerprint density at radius 2 is 1.95 bits per heavy atom. The Labute approximate surface area is 130 Å². The van der Waals surface area contributed by atoms with E-state index in [1.54, 1.807) is 12.1 Å². The van der Waals surface area contributed by atoms with E-state index in [9.17, 15) is 14.0 Å². The molecular formula is C17H23FN2O2. The minimum absolute atomic E-state index is 0.00850. The van der Waals surface area contributed by atoms with Crippen molar-refractivity contribution in [2.75, 3.05) is 13.1 Å². The van der Waals surface area contributed by atoms with Gasteiger partial charge < -0.3 is 10.6 Å². The molecule has 2 atom stereocenters. The molecule has 1 aliphatic heterocycles. The molecule has 0 bridgehead atoms. The Bertz CT molecular complexity index is 549. The van der Waals surface area contributed by atoms with Gasteiger partial charge >= 0.3 is 0 Å². The van der Waals surface area contributed by atoms with E-state index in [0.29, 0.717) is 19.5 Å². The molecule has 2 unspecified atom stereocenters. The van der Waals surface area contributed by atoms with Crippen LogP contribution in [-0.4, -0.2) is 24.9 Å². The van der Waals surface area contributed by atoms with Gasteiger partial charge in [0.15, 0.2) is 0 Å². The van der Waals surface area contributed by atoms with E-state index in [1.165, 1.54) is 12.1 Å². The van der Waals surface area contributed by atoms with Crippen LogP contribution in [0.25, 0.3) is 0 Å². The molecule has 0 aromatic heterocycles. The minimum Gasteiger partial charge on any atom is -0.355 e. The zero-order chi connectivity index (χ0) is 16.3. The van der Waals surface area contributed by atoms with Crippen LogP contribution in [0.2, 0.25) is 0 Å². The summed E-state index contributed by atoms with van der Waals surface area (Å²) in [7, 11) is 0. The van der Waals surface area contributed by atoms with Gasteiger partial charge in [0.05, 0.1) is 0 Å². The molecule has 0 radical (unpaired) electrons. The second-order valence-corrected chi connectivity index (χ2v) is 6.86. The van der Waals surface area contributed by atoms with E-state index in [2.05, 4.69) is 10.6 Å². The van der Waals surface area contributed by atoms with Crippen molar-refractivity contribution in [2.45, 2.75) is 27.2 Å². The number of rotatable bonds is 4. The fraction of sp³-hybridized carbons (Fsp3) is 0.529. The van der Waals surface area contributed by atoms with Crippen LogP contribution < -0.4 is 10.6 Å². The number of nitrogens with one attached hydrogen (secondary N) is 2. The predicted octanol–water partition coefficient (Wildman–Crippen LogP) is 1.89. The second-order valence-electron chi connectivity index (χ2n) is 6.86. The highest BCUT2D eigenvalue weighted by Gasteiger charge is 2.45. The first-order chi connectivity index (χ1) is 10.3. The van der Waals surface area contributed by atoms with Gasteiger partial charge in [-0.1, -0.05) is 32.9 Å². The third-order valence-electron chi connectivity index (χ3n) is 4.20. The second kappa shape index (κ2) is 6.46. The Hall–Kier alpha value is -1.91. The van der Waals surface area contributed by atoms with Crippen molar-refractivity contribution in [3.05, 3.63) is 35.6 Å². The first kappa shape index (κ1) is 16.5. The standard InChI is InChI=1S/C17H23FN2O2/c1-17(2,3)13-10-20-16(22)14(13)15(21)19-9-8-11-4-6-12(18)7-5-11/h4-7,13-14H,8-10H2,1-3H3,(H,19,21)(H,20,22). The van der Waals surface area contributed by atoms with E-state index in [1.807, 2.05) is 20.8 Å². The van der Waals surface area contributed by atoms with Gasteiger partial charge in [-0.25, -0.2) is 4.39 Å². The van der Waals surface area contributed by atoms with Crippen molar-refractivity contribution < 1.29 is 14.0 Å². The monoisotopic (exact) mass is 306 g/mol. The van der Waals surface area contributed by atoms with E-state index in [4.69, 9.17) is 0 Å². The number of carbonyl (C=O) groups is 2. The average Bonchev–Trinajstić information content (AvgIpc) is 2.83. The number of carbonyl (C=O) groups excluding carboxylic acids is 2. The molecule has 4 nitrogen and oxygen atoms in total. The van der Waals surface area contributed by atoms with E-state index >= 15 is 0 Å². The van der Waals surface area contributed by atoms with Gasteiger partial charge in [-0.05, 0) is 29.5 Å². The molecule has 1 aromatic rings. The van der Waals surface area contributed by atoms with Gasteiger partial charge in [0.2, 0.25) is 11.8 Å². The summed E-state index contributed by atoms with van der Waals surface area (Å²) in [4.78, 5) is 24.3. The Morgan fingerprint density at radius 3 is 2.55 bits per heavy atom. The normalized spacial score (nSPS) is 21.5. The van der Waals surface area contributed by atoms with Crippen molar-refractivity contribution in [1.82, 2.24) is 10.6 Å². The fourth-order valence-electron chi connectivity index (χ4n) is 2.82. The molecule has 5 heteroatoms. The Morgan fingerprint density at radius 1 is 1.32 bits per heavy atom. The van der Waals surface area contributed by atoms with Crippen LogP contribution in [0.3, 0.4) is 0 Å². The Balaban J connectivity index is 1.91. The molecule has 22 heavy (non-hydrogen) atoms. The first-order valence-electron chi connectivity index (χ1n) is 7.59. The van der Waals surface area contributed by atoms with Crippen LogP contribution >= 0.6 is 0 Å². The minimum atomic E-state index is -0.631. The lowest BCUT2D eigenvalue weighted by molar-refractivity contribution is -0.135. The molecular weight excluding hydrogens is 283 g/mol. The summed E-state index contributed by atoms with van der Waals surface area (Å²) >= 11 is 0. The number of hydrogen-bond donors (Lipinski definition) is 2. The number of amides is 2. The smallest absolute Gasteiger partial charge is 0.232 e. The Kier molecular flexibility index (Phi) is 4.84. The van der Waals surface area contributed by atoms with E-state index in [0.717, 1.165) is 5.56 Å². The van der Waals surface area contributed by atoms with Gasteiger partial charge in [0, 0.05) is 19.0 Å². The number of benzene rings is 1. The molecule has 2 amide bonds. The first-order valence-corrected chi connectivity index (χ1v) is 7.59. The lowest BCUT2D eigenvalue weighted by Crippen LogP contribution is -2.41. The maximum Gasteiger partial charge on any atom is 0.232 e. The van der Waals surface area contributed by atoms with Crippen molar-refractivity contribution in [3.63, 3.8) is 0 Å². The number of hydrogen-bond acceptors (Lipinski definition) is 2. The van der Waals surface area contributed by atoms with Gasteiger partial charge in [-0.2, -0.15) is 0 Å². The summed E-state index contributed by atoms with van der Waals surface area (Å²) in [6.07, 6.45) is 0.612. The topological polar surface area (TPSA) is 58.2 Å². The molecule has 1 aromatic carbocycles. The number of halogens is 1. The van der Waals surface area contributed by atoms with Crippen LogP contribution in [0.1, 0.15) is 26.3 Å². The molecule has 1 saturated heterocycles. The summed E-state index contributed by atoms with van der Waals surface area (Å²) in [6.45, 7) is 7.09.